The lowest BCUT2D eigenvalue weighted by Gasteiger charge is -2.23. The van der Waals surface area contributed by atoms with E-state index in [4.69, 9.17) is 0 Å². The van der Waals surface area contributed by atoms with Crippen molar-refractivity contribution in [1.82, 2.24) is 14.3 Å². The SMILES string of the molecule is O=C(Nc1nc2ccccc2[nH]1)C1CCCN1S(=O)(=O)c1ccc(Br)cc1. The fourth-order valence-corrected chi connectivity index (χ4v) is 5.16. The molecule has 1 amide bonds. The molecule has 1 aliphatic rings. The normalized spacial score (nSPS) is 18.0. The lowest BCUT2D eigenvalue weighted by molar-refractivity contribution is -0.119. The van der Waals surface area contributed by atoms with Crippen molar-refractivity contribution in [2.75, 3.05) is 11.9 Å². The van der Waals surface area contributed by atoms with Crippen LogP contribution in [0.2, 0.25) is 0 Å². The summed E-state index contributed by atoms with van der Waals surface area (Å²) in [5.74, 6) is -0.0682. The van der Waals surface area contributed by atoms with Gasteiger partial charge in [0.1, 0.15) is 6.04 Å². The summed E-state index contributed by atoms with van der Waals surface area (Å²) in [6, 6.07) is 13.1. The number of aromatic amines is 1. The van der Waals surface area contributed by atoms with E-state index in [2.05, 4.69) is 31.2 Å². The lowest BCUT2D eigenvalue weighted by atomic mass is 10.2. The summed E-state index contributed by atoms with van der Waals surface area (Å²) < 4.78 is 28.0. The van der Waals surface area contributed by atoms with E-state index >= 15 is 0 Å². The maximum Gasteiger partial charge on any atom is 0.245 e. The van der Waals surface area contributed by atoms with Gasteiger partial charge in [-0.05, 0) is 49.2 Å². The first-order chi connectivity index (χ1) is 12.9. The van der Waals surface area contributed by atoms with Crippen LogP contribution in [-0.4, -0.2) is 41.2 Å². The number of sulfonamides is 1. The summed E-state index contributed by atoms with van der Waals surface area (Å²) in [4.78, 5) is 20.3. The van der Waals surface area contributed by atoms with E-state index in [0.717, 1.165) is 15.5 Å². The summed E-state index contributed by atoms with van der Waals surface area (Å²) in [5.41, 5.74) is 1.54. The summed E-state index contributed by atoms with van der Waals surface area (Å²) in [5, 5.41) is 2.72. The highest BCUT2D eigenvalue weighted by molar-refractivity contribution is 9.10. The average Bonchev–Trinajstić information content (AvgIpc) is 3.29. The number of nitrogens with zero attached hydrogens (tertiary/aromatic N) is 2. The largest absolute Gasteiger partial charge is 0.324 e. The van der Waals surface area contributed by atoms with Gasteiger partial charge in [0.15, 0.2) is 0 Å². The summed E-state index contributed by atoms with van der Waals surface area (Å²) >= 11 is 3.30. The van der Waals surface area contributed by atoms with E-state index in [0.29, 0.717) is 25.3 Å². The van der Waals surface area contributed by atoms with Gasteiger partial charge in [-0.25, -0.2) is 13.4 Å². The standard InChI is InChI=1S/C18H17BrN4O3S/c19-12-7-9-13(10-8-12)27(25,26)23-11-3-6-16(23)17(24)22-18-20-14-4-1-2-5-15(14)21-18/h1-2,4-5,7-10,16H,3,6,11H2,(H2,20,21,22,24). The van der Waals surface area contributed by atoms with Gasteiger partial charge in [-0.3, -0.25) is 10.1 Å². The zero-order valence-corrected chi connectivity index (χ0v) is 16.6. The number of para-hydroxylation sites is 2. The van der Waals surface area contributed by atoms with Gasteiger partial charge in [-0.15, -0.1) is 0 Å². The molecular weight excluding hydrogens is 432 g/mol. The van der Waals surface area contributed by atoms with Crippen LogP contribution in [0.4, 0.5) is 5.95 Å². The third-order valence-corrected chi connectivity index (χ3v) is 7.01. The smallest absolute Gasteiger partial charge is 0.245 e. The van der Waals surface area contributed by atoms with Gasteiger partial charge < -0.3 is 4.98 Å². The molecule has 2 N–H and O–H groups in total. The molecule has 4 rings (SSSR count). The van der Waals surface area contributed by atoms with Crippen molar-refractivity contribution in [2.45, 2.75) is 23.8 Å². The minimum Gasteiger partial charge on any atom is -0.324 e. The van der Waals surface area contributed by atoms with Gasteiger partial charge in [0.05, 0.1) is 15.9 Å². The van der Waals surface area contributed by atoms with E-state index in [1.807, 2.05) is 24.3 Å². The molecule has 1 aromatic heterocycles. The van der Waals surface area contributed by atoms with Crippen LogP contribution in [0.5, 0.6) is 0 Å². The molecule has 1 fully saturated rings. The fraction of sp³-hybridized carbons (Fsp3) is 0.222. The van der Waals surface area contributed by atoms with Crippen LogP contribution in [0.15, 0.2) is 57.9 Å². The van der Waals surface area contributed by atoms with Gasteiger partial charge in [-0.1, -0.05) is 28.1 Å². The number of hydrogen-bond donors (Lipinski definition) is 2. The van der Waals surface area contributed by atoms with E-state index in [1.165, 1.54) is 16.4 Å². The number of nitrogens with one attached hydrogen (secondary N) is 2. The Morgan fingerprint density at radius 2 is 1.93 bits per heavy atom. The van der Waals surface area contributed by atoms with Crippen molar-refractivity contribution in [1.29, 1.82) is 0 Å². The Morgan fingerprint density at radius 3 is 2.67 bits per heavy atom. The van der Waals surface area contributed by atoms with Gasteiger partial charge in [0.2, 0.25) is 21.9 Å². The molecule has 3 aromatic rings. The molecule has 0 aliphatic carbocycles. The van der Waals surface area contributed by atoms with Crippen molar-refractivity contribution in [3.63, 3.8) is 0 Å². The van der Waals surface area contributed by atoms with Crippen molar-refractivity contribution < 1.29 is 13.2 Å². The molecule has 1 saturated heterocycles. The monoisotopic (exact) mass is 448 g/mol. The van der Waals surface area contributed by atoms with Crippen LogP contribution in [0.25, 0.3) is 11.0 Å². The topological polar surface area (TPSA) is 95.2 Å². The third-order valence-electron chi connectivity index (χ3n) is 4.56. The van der Waals surface area contributed by atoms with E-state index in [9.17, 15) is 13.2 Å². The first kappa shape index (κ1) is 18.1. The first-order valence-corrected chi connectivity index (χ1v) is 10.7. The second kappa shape index (κ2) is 7.06. The Morgan fingerprint density at radius 1 is 1.19 bits per heavy atom. The van der Waals surface area contributed by atoms with Crippen molar-refractivity contribution in [3.8, 4) is 0 Å². The highest BCUT2D eigenvalue weighted by Gasteiger charge is 2.39. The molecule has 0 bridgehead atoms. The Labute approximate surface area is 165 Å². The van der Waals surface area contributed by atoms with Gasteiger partial charge >= 0.3 is 0 Å². The van der Waals surface area contributed by atoms with Crippen LogP contribution in [0.3, 0.4) is 0 Å². The number of hydrogen-bond acceptors (Lipinski definition) is 4. The number of halogens is 1. The van der Waals surface area contributed by atoms with Crippen molar-refractivity contribution in [3.05, 3.63) is 53.0 Å². The highest BCUT2D eigenvalue weighted by atomic mass is 79.9. The summed E-state index contributed by atoms with van der Waals surface area (Å²) in [6.45, 7) is 0.316. The Bertz CT molecular complexity index is 1060. The number of H-pyrrole nitrogens is 1. The van der Waals surface area contributed by atoms with Gasteiger partial charge in [-0.2, -0.15) is 4.31 Å². The number of amides is 1. The predicted molar refractivity (Wildman–Crippen MR) is 106 cm³/mol. The van der Waals surface area contributed by atoms with Gasteiger partial charge in [0, 0.05) is 11.0 Å². The van der Waals surface area contributed by atoms with Crippen molar-refractivity contribution >= 4 is 48.8 Å². The highest BCUT2D eigenvalue weighted by Crippen LogP contribution is 2.27. The third kappa shape index (κ3) is 3.50. The average molecular weight is 449 g/mol. The number of fused-ring (bicyclic) bond motifs is 1. The molecule has 2 aromatic carbocycles. The molecule has 0 saturated carbocycles. The number of imidazole rings is 1. The molecule has 2 heterocycles. The van der Waals surface area contributed by atoms with E-state index in [1.54, 1.807) is 12.1 Å². The molecule has 1 aliphatic heterocycles. The van der Waals surface area contributed by atoms with Crippen LogP contribution in [-0.2, 0) is 14.8 Å². The maximum atomic E-state index is 13.0. The Hall–Kier alpha value is -2.23. The number of carbonyl (C=O) groups excluding carboxylic acids is 1. The predicted octanol–water partition coefficient (Wildman–Crippen LogP) is 3.12. The molecule has 140 valence electrons. The van der Waals surface area contributed by atoms with Gasteiger partial charge in [0.25, 0.3) is 0 Å². The fourth-order valence-electron chi connectivity index (χ4n) is 3.24. The molecule has 9 heteroatoms. The molecule has 0 radical (unpaired) electrons. The second-order valence-electron chi connectivity index (χ2n) is 6.32. The number of benzene rings is 2. The summed E-state index contributed by atoms with van der Waals surface area (Å²) in [6.07, 6.45) is 1.11. The zero-order valence-electron chi connectivity index (χ0n) is 14.2. The quantitative estimate of drug-likeness (QED) is 0.640. The lowest BCUT2D eigenvalue weighted by Crippen LogP contribution is -2.43. The molecule has 1 unspecified atom stereocenters. The zero-order chi connectivity index (χ0) is 19.0. The maximum absolute atomic E-state index is 13.0. The number of aromatic nitrogens is 2. The van der Waals surface area contributed by atoms with E-state index < -0.39 is 16.1 Å². The molecule has 7 nitrogen and oxygen atoms in total. The minimum absolute atomic E-state index is 0.175. The van der Waals surface area contributed by atoms with Crippen LogP contribution in [0, 0.1) is 0 Å². The van der Waals surface area contributed by atoms with Crippen LogP contribution in [0.1, 0.15) is 12.8 Å². The van der Waals surface area contributed by atoms with Crippen LogP contribution >= 0.6 is 15.9 Å². The van der Waals surface area contributed by atoms with Crippen LogP contribution < -0.4 is 5.32 Å². The molecule has 0 spiro atoms. The number of rotatable bonds is 4. The Kier molecular flexibility index (Phi) is 4.75. The van der Waals surface area contributed by atoms with E-state index in [-0.39, 0.29) is 10.8 Å². The molecule has 27 heavy (non-hydrogen) atoms. The minimum atomic E-state index is -3.75. The molecular formula is C18H17BrN4O3S. The number of carbonyl (C=O) groups is 1. The summed E-state index contributed by atoms with van der Waals surface area (Å²) in [7, 11) is -3.75. The Balaban J connectivity index is 1.56. The second-order valence-corrected chi connectivity index (χ2v) is 9.13. The molecule has 1 atom stereocenters. The van der Waals surface area contributed by atoms with Crippen molar-refractivity contribution in [2.24, 2.45) is 0 Å². The first-order valence-electron chi connectivity index (χ1n) is 8.48. The number of anilines is 1.